The van der Waals surface area contributed by atoms with Crippen molar-refractivity contribution in [2.45, 2.75) is 24.7 Å². The van der Waals surface area contributed by atoms with E-state index in [2.05, 4.69) is 0 Å². The van der Waals surface area contributed by atoms with Gasteiger partial charge in [-0.3, -0.25) is 14.4 Å². The van der Waals surface area contributed by atoms with E-state index in [-0.39, 0.29) is 19.4 Å². The lowest BCUT2D eigenvalue weighted by atomic mass is 9.59. The van der Waals surface area contributed by atoms with Crippen LogP contribution in [0.15, 0.2) is 115 Å². The first-order valence-electron chi connectivity index (χ1n) is 17.0. The highest BCUT2D eigenvalue weighted by Crippen LogP contribution is 2.75. The fourth-order valence-corrected chi connectivity index (χ4v) is 9.52. The largest absolute Gasteiger partial charge is 0.454 e. The number of rotatable bonds is 5. The molecule has 3 heterocycles. The van der Waals surface area contributed by atoms with Gasteiger partial charge in [0.2, 0.25) is 25.4 Å². The van der Waals surface area contributed by atoms with Gasteiger partial charge in [-0.15, -0.1) is 0 Å². The number of hydrogen-bond donors (Lipinski definition) is 0. The fraction of sp³-hybridized carbons (Fsp3) is 0.186. The first-order valence-corrected chi connectivity index (χ1v) is 17.0. The maximum Gasteiger partial charge on any atom is 0.239 e. The highest BCUT2D eigenvalue weighted by molar-refractivity contribution is 6.39. The zero-order chi connectivity index (χ0) is 34.6. The van der Waals surface area contributed by atoms with E-state index < -0.39 is 34.5 Å². The number of nitrogens with zero attached hydrogens (tertiary/aromatic N) is 1. The van der Waals surface area contributed by atoms with Crippen molar-refractivity contribution in [3.05, 3.63) is 149 Å². The maximum absolute atomic E-state index is 16.2. The number of benzene rings is 5. The highest BCUT2D eigenvalue weighted by Gasteiger charge is 2.83. The van der Waals surface area contributed by atoms with Crippen molar-refractivity contribution in [2.75, 3.05) is 18.5 Å². The second-order valence-corrected chi connectivity index (χ2v) is 13.8. The fourth-order valence-electron chi connectivity index (χ4n) is 9.52. The average molecular weight is 674 g/mol. The third-order valence-electron chi connectivity index (χ3n) is 11.4. The van der Waals surface area contributed by atoms with Crippen LogP contribution >= 0.6 is 0 Å². The number of carbonyl (C=O) groups is 3. The van der Waals surface area contributed by atoms with Crippen molar-refractivity contribution in [1.29, 1.82) is 0 Å². The standard InChI is InChI=1S/C43H31NO7/c1-24-13-16-30(25(2)19-24)44-39(45)37-38(40(44)46)43(29-11-7-4-8-12-29)36(27-15-18-32-34(21-27)51-23-49-32)35(26-14-17-31-33(20-26)50-22-48-31)42(37,41(43)47)28-9-5-3-6-10-28/h3-21,37-38H,22-23H2,1-2H3/t37-,38-,42-,43-/m0/s1. The Morgan fingerprint density at radius 1 is 0.549 bits per heavy atom. The molecule has 2 fully saturated rings. The monoisotopic (exact) mass is 673 g/mol. The molecule has 1 saturated carbocycles. The third-order valence-corrected chi connectivity index (χ3v) is 11.4. The number of allylic oxidation sites excluding steroid dienone is 2. The molecule has 5 aliphatic rings. The van der Waals surface area contributed by atoms with Crippen LogP contribution in [0.2, 0.25) is 0 Å². The Hall–Kier alpha value is -6.15. The lowest BCUT2D eigenvalue weighted by Crippen LogP contribution is -2.45. The lowest BCUT2D eigenvalue weighted by molar-refractivity contribution is -0.130. The Bertz CT molecular complexity index is 2250. The molecule has 5 aromatic carbocycles. The molecule has 10 rings (SSSR count). The molecule has 0 unspecified atom stereocenters. The maximum atomic E-state index is 16.2. The van der Waals surface area contributed by atoms with Gasteiger partial charge in [-0.25, -0.2) is 4.90 Å². The minimum absolute atomic E-state index is 0.0755. The van der Waals surface area contributed by atoms with Crippen LogP contribution in [0, 0.1) is 25.7 Å². The van der Waals surface area contributed by atoms with E-state index in [9.17, 15) is 0 Å². The molecule has 0 spiro atoms. The van der Waals surface area contributed by atoms with Crippen molar-refractivity contribution >= 4 is 34.4 Å². The van der Waals surface area contributed by atoms with Gasteiger partial charge in [0.25, 0.3) is 0 Å². The molecule has 3 aliphatic heterocycles. The second-order valence-electron chi connectivity index (χ2n) is 13.8. The molecule has 0 radical (unpaired) electrons. The van der Waals surface area contributed by atoms with Gasteiger partial charge in [0.15, 0.2) is 28.8 Å². The first-order chi connectivity index (χ1) is 24.9. The Morgan fingerprint density at radius 3 is 1.49 bits per heavy atom. The smallest absolute Gasteiger partial charge is 0.239 e. The average Bonchev–Trinajstić information content (AvgIpc) is 3.96. The Morgan fingerprint density at radius 2 is 1.02 bits per heavy atom. The number of hydrogen-bond acceptors (Lipinski definition) is 7. The van der Waals surface area contributed by atoms with E-state index in [1.807, 2.05) is 129 Å². The molecular weight excluding hydrogens is 642 g/mol. The van der Waals surface area contributed by atoms with E-state index in [0.29, 0.717) is 62.1 Å². The van der Waals surface area contributed by atoms with Crippen molar-refractivity contribution in [3.8, 4) is 23.0 Å². The summed E-state index contributed by atoms with van der Waals surface area (Å²) in [6.07, 6.45) is 0. The van der Waals surface area contributed by atoms with E-state index in [0.717, 1.165) is 11.1 Å². The van der Waals surface area contributed by atoms with Crippen molar-refractivity contribution in [1.82, 2.24) is 0 Å². The van der Waals surface area contributed by atoms with E-state index in [4.69, 9.17) is 18.9 Å². The molecule has 1 saturated heterocycles. The molecule has 250 valence electrons. The highest BCUT2D eigenvalue weighted by atomic mass is 16.7. The van der Waals surface area contributed by atoms with Gasteiger partial charge in [0.05, 0.1) is 28.4 Å². The molecule has 2 aliphatic carbocycles. The summed E-state index contributed by atoms with van der Waals surface area (Å²) in [6.45, 7) is 4.04. The molecule has 0 N–H and O–H groups in total. The minimum Gasteiger partial charge on any atom is -0.454 e. The topological polar surface area (TPSA) is 91.4 Å². The summed E-state index contributed by atoms with van der Waals surface area (Å²) in [4.78, 5) is 48.2. The predicted molar refractivity (Wildman–Crippen MR) is 189 cm³/mol. The summed E-state index contributed by atoms with van der Waals surface area (Å²) < 4.78 is 23.2. The zero-order valence-electron chi connectivity index (χ0n) is 27.8. The van der Waals surface area contributed by atoms with Gasteiger partial charge in [-0.1, -0.05) is 90.5 Å². The SMILES string of the molecule is Cc1ccc(N2C(=O)[C@@H]3[C@@H](C2=O)[C@@]2(c4ccccc4)C(=O)[C@@]3(c3ccccc3)C(c3ccc4c(c3)OCO4)=C2c2ccc3c(c2)OCO3)c(C)c1. The molecule has 2 bridgehead atoms. The van der Waals surface area contributed by atoms with Crippen molar-refractivity contribution in [3.63, 3.8) is 0 Å². The molecular formula is C43H31NO7. The van der Waals surface area contributed by atoms with Crippen LogP contribution in [0.25, 0.3) is 11.1 Å². The number of Topliss-reactive ketones (excluding diaryl/α,β-unsaturated/α-hetero) is 1. The van der Waals surface area contributed by atoms with Crippen LogP contribution < -0.4 is 23.8 Å². The lowest BCUT2D eigenvalue weighted by Gasteiger charge is -2.39. The van der Waals surface area contributed by atoms with Crippen LogP contribution in [0.3, 0.4) is 0 Å². The number of fused-ring (bicyclic) bond motifs is 7. The van der Waals surface area contributed by atoms with Gasteiger partial charge in [0.1, 0.15) is 0 Å². The predicted octanol–water partition coefficient (Wildman–Crippen LogP) is 6.95. The van der Waals surface area contributed by atoms with Crippen LogP contribution in [0.1, 0.15) is 33.4 Å². The molecule has 4 atom stereocenters. The molecule has 51 heavy (non-hydrogen) atoms. The number of carbonyl (C=O) groups excluding carboxylic acids is 3. The van der Waals surface area contributed by atoms with Gasteiger partial charge in [0, 0.05) is 0 Å². The quantitative estimate of drug-likeness (QED) is 0.187. The van der Waals surface area contributed by atoms with Crippen LogP contribution in [0.5, 0.6) is 23.0 Å². The summed E-state index contributed by atoms with van der Waals surface area (Å²) in [6, 6.07) is 36.0. The van der Waals surface area contributed by atoms with Crippen LogP contribution in [-0.4, -0.2) is 31.2 Å². The molecule has 2 amide bonds. The van der Waals surface area contributed by atoms with Crippen molar-refractivity contribution < 1.29 is 33.3 Å². The van der Waals surface area contributed by atoms with E-state index in [1.165, 1.54) is 4.90 Å². The number of ether oxygens (including phenoxy) is 4. The summed E-state index contributed by atoms with van der Waals surface area (Å²) in [5, 5.41) is 0. The second kappa shape index (κ2) is 10.4. The molecule has 5 aromatic rings. The number of imide groups is 1. The van der Waals surface area contributed by atoms with Gasteiger partial charge >= 0.3 is 0 Å². The van der Waals surface area contributed by atoms with Gasteiger partial charge in [-0.05, 0) is 83.1 Å². The van der Waals surface area contributed by atoms with Crippen molar-refractivity contribution in [2.24, 2.45) is 11.8 Å². The molecule has 8 heteroatoms. The zero-order valence-corrected chi connectivity index (χ0v) is 27.8. The third kappa shape index (κ3) is 3.66. The number of ketones is 1. The van der Waals surface area contributed by atoms with Gasteiger partial charge in [-0.2, -0.15) is 0 Å². The van der Waals surface area contributed by atoms with E-state index in [1.54, 1.807) is 0 Å². The molecule has 8 nitrogen and oxygen atoms in total. The number of anilines is 1. The summed E-state index contributed by atoms with van der Waals surface area (Å²) in [5.41, 5.74) is 3.25. The number of amides is 2. The molecule has 0 aromatic heterocycles. The van der Waals surface area contributed by atoms with E-state index >= 15 is 14.4 Å². The Kier molecular flexibility index (Phi) is 6.08. The summed E-state index contributed by atoms with van der Waals surface area (Å²) in [7, 11) is 0. The van der Waals surface area contributed by atoms with Crippen LogP contribution in [0.4, 0.5) is 5.69 Å². The van der Waals surface area contributed by atoms with Crippen LogP contribution in [-0.2, 0) is 25.2 Å². The summed E-state index contributed by atoms with van der Waals surface area (Å²) >= 11 is 0. The Labute approximate surface area is 293 Å². The van der Waals surface area contributed by atoms with Gasteiger partial charge < -0.3 is 18.9 Å². The number of aryl methyl sites for hydroxylation is 2. The Balaban J connectivity index is 1.37. The normalized spacial score (nSPS) is 25.3. The first kappa shape index (κ1) is 29.7. The minimum atomic E-state index is -1.55. The summed E-state index contributed by atoms with van der Waals surface area (Å²) in [5.74, 6) is -0.807.